The smallest absolute Gasteiger partial charge is 0.203 e. The van der Waals surface area contributed by atoms with Gasteiger partial charge < -0.3 is 9.73 Å². The second-order valence-electron chi connectivity index (χ2n) is 4.13. The van der Waals surface area contributed by atoms with Crippen LogP contribution in [0.5, 0.6) is 0 Å². The second-order valence-corrected chi connectivity index (χ2v) is 5.26. The molecule has 3 nitrogen and oxygen atoms in total. The van der Waals surface area contributed by atoms with Crippen LogP contribution in [-0.4, -0.2) is 17.5 Å². The molecule has 1 heterocycles. The summed E-state index contributed by atoms with van der Waals surface area (Å²) >= 11 is 1.96. The van der Waals surface area contributed by atoms with Crippen LogP contribution in [0.15, 0.2) is 16.5 Å². The minimum absolute atomic E-state index is 0.394. The maximum Gasteiger partial charge on any atom is 0.203 e. The van der Waals surface area contributed by atoms with Gasteiger partial charge in [0.1, 0.15) is 11.8 Å². The van der Waals surface area contributed by atoms with Gasteiger partial charge in [-0.05, 0) is 37.7 Å². The van der Waals surface area contributed by atoms with Crippen molar-refractivity contribution in [2.45, 2.75) is 37.1 Å². The minimum Gasteiger partial charge on any atom is -0.449 e. The Morgan fingerprint density at radius 2 is 2.44 bits per heavy atom. The lowest BCUT2D eigenvalue weighted by Gasteiger charge is -2.11. The highest BCUT2D eigenvalue weighted by Gasteiger charge is 2.23. The minimum atomic E-state index is 0.394. The molecule has 0 amide bonds. The van der Waals surface area contributed by atoms with E-state index in [4.69, 9.17) is 9.68 Å². The van der Waals surface area contributed by atoms with Gasteiger partial charge in [0.25, 0.3) is 0 Å². The van der Waals surface area contributed by atoms with Crippen molar-refractivity contribution < 1.29 is 4.42 Å². The van der Waals surface area contributed by atoms with Crippen molar-refractivity contribution >= 4 is 11.8 Å². The van der Waals surface area contributed by atoms with Gasteiger partial charge in [-0.25, -0.2) is 0 Å². The van der Waals surface area contributed by atoms with E-state index in [0.717, 1.165) is 17.6 Å². The summed E-state index contributed by atoms with van der Waals surface area (Å²) < 4.78 is 5.32. The number of nitrogens with one attached hydrogen (secondary N) is 1. The van der Waals surface area contributed by atoms with E-state index in [9.17, 15) is 0 Å². The predicted molar refractivity (Wildman–Crippen MR) is 65.2 cm³/mol. The highest BCUT2D eigenvalue weighted by Crippen LogP contribution is 2.28. The van der Waals surface area contributed by atoms with Gasteiger partial charge in [0.05, 0.1) is 6.54 Å². The van der Waals surface area contributed by atoms with Crippen LogP contribution >= 0.6 is 11.8 Å². The molecule has 2 atom stereocenters. The third-order valence-electron chi connectivity index (χ3n) is 3.05. The Kier molecular flexibility index (Phi) is 3.92. The zero-order valence-electron chi connectivity index (χ0n) is 9.40. The predicted octanol–water partition coefficient (Wildman–Crippen LogP) is 2.52. The average molecular weight is 236 g/mol. The van der Waals surface area contributed by atoms with Crippen molar-refractivity contribution in [2.24, 2.45) is 0 Å². The summed E-state index contributed by atoms with van der Waals surface area (Å²) in [6.07, 6.45) is 5.98. The van der Waals surface area contributed by atoms with Crippen LogP contribution < -0.4 is 5.32 Å². The van der Waals surface area contributed by atoms with E-state index >= 15 is 0 Å². The molecule has 0 radical (unpaired) electrons. The molecule has 0 bridgehead atoms. The highest BCUT2D eigenvalue weighted by atomic mass is 32.2. The zero-order valence-corrected chi connectivity index (χ0v) is 10.2. The Morgan fingerprint density at radius 1 is 1.56 bits per heavy atom. The fourth-order valence-electron chi connectivity index (χ4n) is 2.12. The van der Waals surface area contributed by atoms with Crippen LogP contribution in [-0.2, 0) is 6.54 Å². The Bertz CT molecular complexity index is 383. The molecule has 0 aliphatic heterocycles. The van der Waals surface area contributed by atoms with E-state index in [2.05, 4.69) is 11.6 Å². The number of hydrogen-bond acceptors (Lipinski definition) is 4. The second kappa shape index (κ2) is 5.42. The van der Waals surface area contributed by atoms with E-state index < -0.39 is 0 Å². The molecule has 86 valence electrons. The monoisotopic (exact) mass is 236 g/mol. The third-order valence-corrected chi connectivity index (χ3v) is 4.15. The van der Waals surface area contributed by atoms with Crippen molar-refractivity contribution in [2.75, 3.05) is 6.26 Å². The van der Waals surface area contributed by atoms with E-state index in [1.807, 2.05) is 23.9 Å². The fourth-order valence-corrected chi connectivity index (χ4v) is 2.91. The lowest BCUT2D eigenvalue weighted by Crippen LogP contribution is -2.25. The molecule has 0 saturated heterocycles. The van der Waals surface area contributed by atoms with E-state index in [-0.39, 0.29) is 0 Å². The summed E-state index contributed by atoms with van der Waals surface area (Å²) in [4.78, 5) is 0. The Morgan fingerprint density at radius 3 is 3.06 bits per heavy atom. The normalized spacial score (nSPS) is 24.5. The summed E-state index contributed by atoms with van der Waals surface area (Å²) in [5.41, 5.74) is 0. The van der Waals surface area contributed by atoms with Crippen LogP contribution in [0, 0.1) is 11.3 Å². The zero-order chi connectivity index (χ0) is 11.4. The average Bonchev–Trinajstić information content (AvgIpc) is 2.95. The van der Waals surface area contributed by atoms with Gasteiger partial charge in [-0.2, -0.15) is 17.0 Å². The molecular weight excluding hydrogens is 220 g/mol. The molecule has 16 heavy (non-hydrogen) atoms. The number of furan rings is 1. The van der Waals surface area contributed by atoms with Gasteiger partial charge in [-0.1, -0.05) is 0 Å². The van der Waals surface area contributed by atoms with Crippen LogP contribution in [0.1, 0.15) is 30.8 Å². The number of hydrogen-bond donors (Lipinski definition) is 1. The fraction of sp³-hybridized carbons (Fsp3) is 0.583. The van der Waals surface area contributed by atoms with Crippen molar-refractivity contribution in [1.82, 2.24) is 5.32 Å². The van der Waals surface area contributed by atoms with Crippen LogP contribution in [0.4, 0.5) is 0 Å². The van der Waals surface area contributed by atoms with E-state index in [0.29, 0.717) is 11.8 Å². The van der Waals surface area contributed by atoms with E-state index in [1.54, 1.807) is 6.07 Å². The number of thioether (sulfide) groups is 1. The summed E-state index contributed by atoms with van der Waals surface area (Å²) in [7, 11) is 0. The highest BCUT2D eigenvalue weighted by molar-refractivity contribution is 7.99. The topological polar surface area (TPSA) is 49.0 Å². The van der Waals surface area contributed by atoms with Gasteiger partial charge in [0.2, 0.25) is 5.76 Å². The van der Waals surface area contributed by atoms with Gasteiger partial charge in [0, 0.05) is 11.3 Å². The Hall–Kier alpha value is -0.920. The van der Waals surface area contributed by atoms with Crippen LogP contribution in [0.3, 0.4) is 0 Å². The largest absolute Gasteiger partial charge is 0.449 e. The van der Waals surface area contributed by atoms with E-state index in [1.165, 1.54) is 19.3 Å². The number of nitriles is 1. The SMILES string of the molecule is CSC1CCC(NCc2ccc(C#N)o2)C1. The molecule has 2 unspecified atom stereocenters. The Balaban J connectivity index is 1.78. The molecule has 0 spiro atoms. The molecule has 1 aliphatic rings. The van der Waals surface area contributed by atoms with Gasteiger partial charge in [-0.15, -0.1) is 0 Å². The summed E-state index contributed by atoms with van der Waals surface area (Å²) in [5.74, 6) is 1.24. The molecule has 0 aromatic carbocycles. The molecular formula is C12H16N2OS. The maximum atomic E-state index is 8.63. The quantitative estimate of drug-likeness (QED) is 0.872. The maximum absolute atomic E-state index is 8.63. The van der Waals surface area contributed by atoms with Crippen LogP contribution in [0.25, 0.3) is 0 Å². The Labute approximate surface area is 100 Å². The summed E-state index contributed by atoms with van der Waals surface area (Å²) in [6, 6.07) is 6.18. The third kappa shape index (κ3) is 2.81. The molecule has 1 aromatic heterocycles. The summed E-state index contributed by atoms with van der Waals surface area (Å²) in [5, 5.41) is 12.9. The molecule has 2 rings (SSSR count). The number of rotatable bonds is 4. The van der Waals surface area contributed by atoms with Gasteiger partial charge in [0.15, 0.2) is 0 Å². The number of nitrogens with zero attached hydrogens (tertiary/aromatic N) is 1. The molecule has 1 N–H and O–H groups in total. The molecule has 4 heteroatoms. The molecule has 1 fully saturated rings. The molecule has 1 saturated carbocycles. The summed E-state index contributed by atoms with van der Waals surface area (Å²) in [6.45, 7) is 0.730. The van der Waals surface area contributed by atoms with Crippen molar-refractivity contribution in [1.29, 1.82) is 5.26 Å². The first-order chi connectivity index (χ1) is 7.81. The lowest BCUT2D eigenvalue weighted by molar-refractivity contribution is 0.441. The van der Waals surface area contributed by atoms with Crippen molar-refractivity contribution in [3.63, 3.8) is 0 Å². The van der Waals surface area contributed by atoms with Gasteiger partial charge in [-0.3, -0.25) is 0 Å². The van der Waals surface area contributed by atoms with Crippen molar-refractivity contribution in [3.05, 3.63) is 23.7 Å². The van der Waals surface area contributed by atoms with Crippen molar-refractivity contribution in [3.8, 4) is 6.07 Å². The van der Waals surface area contributed by atoms with Crippen LogP contribution in [0.2, 0.25) is 0 Å². The first-order valence-corrected chi connectivity index (χ1v) is 6.85. The first-order valence-electron chi connectivity index (χ1n) is 5.57. The lowest BCUT2D eigenvalue weighted by atomic mass is 10.2. The first kappa shape index (κ1) is 11.6. The molecule has 1 aromatic rings. The van der Waals surface area contributed by atoms with Gasteiger partial charge >= 0.3 is 0 Å². The standard InChI is InChI=1S/C12H16N2OS/c1-16-12-5-2-9(6-12)14-8-11-4-3-10(7-13)15-11/h3-4,9,12,14H,2,5-6,8H2,1H3. The molecule has 1 aliphatic carbocycles.